The van der Waals surface area contributed by atoms with Gasteiger partial charge in [0.05, 0.1) is 6.10 Å². The summed E-state index contributed by atoms with van der Waals surface area (Å²) in [5, 5.41) is 0. The van der Waals surface area contributed by atoms with Crippen molar-refractivity contribution in [2.45, 2.75) is 122 Å². The van der Waals surface area contributed by atoms with Gasteiger partial charge in [-0.1, -0.05) is 70.4 Å². The molecule has 1 aliphatic heterocycles. The molecule has 0 saturated carbocycles. The second kappa shape index (κ2) is 20.6. The van der Waals surface area contributed by atoms with Crippen LogP contribution in [0, 0.1) is 0 Å². The fourth-order valence-electron chi connectivity index (χ4n) is 3.74. The number of carbonyl (C=O) groups excluding carboxylic acids is 1. The number of aldehydes is 1. The number of allylic oxidation sites excluding steroid dienone is 1. The Bertz CT molecular complexity index is 377. The maximum Gasteiger partial charge on any atom is 0.157 e. The number of carbonyl (C=O) groups is 1. The molecule has 0 spiro atoms. The summed E-state index contributed by atoms with van der Waals surface area (Å²) in [7, 11) is 0. The molecule has 0 bridgehead atoms. The van der Waals surface area contributed by atoms with Crippen LogP contribution < -0.4 is 0 Å². The van der Waals surface area contributed by atoms with Gasteiger partial charge in [0.1, 0.15) is 12.9 Å². The quantitative estimate of drug-likeness (QED) is 0.126. The van der Waals surface area contributed by atoms with E-state index in [1.165, 1.54) is 77.0 Å². The van der Waals surface area contributed by atoms with E-state index in [1.54, 1.807) is 0 Å². The zero-order chi connectivity index (χ0) is 20.8. The third-order valence-corrected chi connectivity index (χ3v) is 5.52. The van der Waals surface area contributed by atoms with Gasteiger partial charge >= 0.3 is 0 Å². The Balaban J connectivity index is 2.06. The molecule has 1 saturated heterocycles. The fourth-order valence-corrected chi connectivity index (χ4v) is 3.74. The predicted octanol–water partition coefficient (Wildman–Crippen LogP) is 6.76. The van der Waals surface area contributed by atoms with Crippen molar-refractivity contribution in [3.8, 4) is 0 Å². The molecule has 1 aliphatic rings. The lowest BCUT2D eigenvalue weighted by Crippen LogP contribution is -2.27. The van der Waals surface area contributed by atoms with Crippen LogP contribution in [0.3, 0.4) is 0 Å². The van der Waals surface area contributed by atoms with Gasteiger partial charge in [0.15, 0.2) is 6.29 Å². The first-order valence-corrected chi connectivity index (χ1v) is 12.3. The third kappa shape index (κ3) is 16.7. The van der Waals surface area contributed by atoms with Gasteiger partial charge in [-0.25, -0.2) is 0 Å². The smallest absolute Gasteiger partial charge is 0.157 e. The number of hydrogen-bond donors (Lipinski definition) is 0. The molecule has 29 heavy (non-hydrogen) atoms. The molecule has 0 amide bonds. The van der Waals surface area contributed by atoms with Crippen LogP contribution in [0.5, 0.6) is 0 Å². The van der Waals surface area contributed by atoms with Crippen molar-refractivity contribution in [3.63, 3.8) is 0 Å². The van der Waals surface area contributed by atoms with Crippen molar-refractivity contribution < 1.29 is 19.0 Å². The average Bonchev–Trinajstić information content (AvgIpc) is 2.75. The summed E-state index contributed by atoms with van der Waals surface area (Å²) in [6, 6.07) is 0. The first-order valence-electron chi connectivity index (χ1n) is 12.3. The molecule has 2 atom stereocenters. The zero-order valence-corrected chi connectivity index (χ0v) is 19.0. The zero-order valence-electron chi connectivity index (χ0n) is 19.0. The molecule has 0 aromatic heterocycles. The minimum absolute atomic E-state index is 0.0252. The fraction of sp³-hybridized carbons (Fsp3) is 0.880. The molecular formula is C25H46O4. The van der Waals surface area contributed by atoms with E-state index in [1.807, 2.05) is 0 Å². The van der Waals surface area contributed by atoms with E-state index < -0.39 is 0 Å². The van der Waals surface area contributed by atoms with E-state index in [0.29, 0.717) is 6.10 Å². The lowest BCUT2D eigenvalue weighted by atomic mass is 10.1. The van der Waals surface area contributed by atoms with Crippen LogP contribution >= 0.6 is 0 Å². The Morgan fingerprint density at radius 2 is 1.76 bits per heavy atom. The van der Waals surface area contributed by atoms with Crippen LogP contribution in [0.25, 0.3) is 0 Å². The summed E-state index contributed by atoms with van der Waals surface area (Å²) in [5.74, 6) is 0. The van der Waals surface area contributed by atoms with E-state index in [4.69, 9.17) is 14.2 Å². The predicted molar refractivity (Wildman–Crippen MR) is 120 cm³/mol. The van der Waals surface area contributed by atoms with Crippen molar-refractivity contribution in [3.05, 3.63) is 12.2 Å². The molecule has 1 rings (SSSR count). The van der Waals surface area contributed by atoms with Gasteiger partial charge < -0.3 is 19.0 Å². The van der Waals surface area contributed by atoms with Gasteiger partial charge in [-0.15, -0.1) is 0 Å². The highest BCUT2D eigenvalue weighted by Gasteiger charge is 2.18. The Morgan fingerprint density at radius 3 is 2.52 bits per heavy atom. The largest absolute Gasteiger partial charge is 0.374 e. The lowest BCUT2D eigenvalue weighted by molar-refractivity contribution is -0.188. The molecule has 1 unspecified atom stereocenters. The summed E-state index contributed by atoms with van der Waals surface area (Å²) in [4.78, 5) is 10.1. The van der Waals surface area contributed by atoms with Gasteiger partial charge in [0, 0.05) is 13.2 Å². The van der Waals surface area contributed by atoms with Crippen molar-refractivity contribution in [2.24, 2.45) is 0 Å². The molecule has 1 heterocycles. The van der Waals surface area contributed by atoms with Crippen molar-refractivity contribution in [2.75, 3.05) is 19.8 Å². The van der Waals surface area contributed by atoms with E-state index >= 15 is 0 Å². The molecule has 0 aliphatic carbocycles. The topological polar surface area (TPSA) is 44.8 Å². The second-order valence-corrected chi connectivity index (χ2v) is 8.26. The van der Waals surface area contributed by atoms with Crippen molar-refractivity contribution >= 4 is 6.29 Å². The maximum atomic E-state index is 10.1. The SMILES string of the molecule is CCCCCC[C@H](CC=CCCCCCCCCOCC=O)OC1CCCCO1. The van der Waals surface area contributed by atoms with Gasteiger partial charge in [-0.2, -0.15) is 0 Å². The van der Waals surface area contributed by atoms with Crippen LogP contribution in [0.15, 0.2) is 12.2 Å². The van der Waals surface area contributed by atoms with Crippen LogP contribution in [-0.2, 0) is 19.0 Å². The maximum absolute atomic E-state index is 10.1. The minimum Gasteiger partial charge on any atom is -0.374 e. The Labute approximate surface area is 179 Å². The highest BCUT2D eigenvalue weighted by Crippen LogP contribution is 2.20. The molecule has 0 radical (unpaired) electrons. The minimum atomic E-state index is 0.0252. The molecule has 4 heteroatoms. The summed E-state index contributed by atoms with van der Waals surface area (Å²) >= 11 is 0. The molecule has 0 aromatic rings. The third-order valence-electron chi connectivity index (χ3n) is 5.52. The van der Waals surface area contributed by atoms with Gasteiger partial charge in [0.25, 0.3) is 0 Å². The first-order chi connectivity index (χ1) is 14.4. The van der Waals surface area contributed by atoms with Crippen LogP contribution in [0.2, 0.25) is 0 Å². The lowest BCUT2D eigenvalue weighted by Gasteiger charge is -2.27. The van der Waals surface area contributed by atoms with Crippen LogP contribution in [0.1, 0.15) is 110 Å². The van der Waals surface area contributed by atoms with E-state index in [2.05, 4.69) is 19.1 Å². The number of hydrogen-bond acceptors (Lipinski definition) is 4. The monoisotopic (exact) mass is 410 g/mol. The summed E-state index contributed by atoms with van der Waals surface area (Å²) in [5.41, 5.74) is 0. The van der Waals surface area contributed by atoms with Gasteiger partial charge in [-0.3, -0.25) is 0 Å². The van der Waals surface area contributed by atoms with Crippen molar-refractivity contribution in [1.29, 1.82) is 0 Å². The van der Waals surface area contributed by atoms with Crippen LogP contribution in [0.4, 0.5) is 0 Å². The molecule has 0 N–H and O–H groups in total. The Morgan fingerprint density at radius 1 is 0.966 bits per heavy atom. The number of ether oxygens (including phenoxy) is 3. The van der Waals surface area contributed by atoms with E-state index in [9.17, 15) is 4.79 Å². The van der Waals surface area contributed by atoms with E-state index in [0.717, 1.165) is 45.2 Å². The average molecular weight is 411 g/mol. The first kappa shape index (κ1) is 26.3. The summed E-state index contributed by atoms with van der Waals surface area (Å²) in [6.45, 7) is 4.07. The molecular weight excluding hydrogens is 364 g/mol. The Kier molecular flexibility index (Phi) is 18.7. The molecule has 4 nitrogen and oxygen atoms in total. The highest BCUT2D eigenvalue weighted by atomic mass is 16.7. The molecule has 0 aromatic carbocycles. The standard InChI is InChI=1S/C25H46O4/c1-2-3-4-12-17-24(29-25-19-14-16-22-28-25)18-13-10-8-6-5-7-9-11-15-21-27-23-20-26/h10,13,20,24-25H,2-9,11-12,14-19,21-23H2,1H3/t24-,25?/m1/s1. The summed E-state index contributed by atoms with van der Waals surface area (Å²) < 4.78 is 17.2. The molecule has 170 valence electrons. The van der Waals surface area contributed by atoms with Gasteiger partial charge in [-0.05, 0) is 51.4 Å². The Hall–Kier alpha value is -0.710. The van der Waals surface area contributed by atoms with Crippen LogP contribution in [-0.4, -0.2) is 38.5 Å². The number of rotatable bonds is 20. The van der Waals surface area contributed by atoms with E-state index in [-0.39, 0.29) is 12.9 Å². The second-order valence-electron chi connectivity index (χ2n) is 8.26. The van der Waals surface area contributed by atoms with Gasteiger partial charge in [0.2, 0.25) is 0 Å². The summed E-state index contributed by atoms with van der Waals surface area (Å²) in [6.07, 6.45) is 25.2. The van der Waals surface area contributed by atoms with Crippen molar-refractivity contribution in [1.82, 2.24) is 0 Å². The number of unbranched alkanes of at least 4 members (excludes halogenated alkanes) is 9. The normalized spacial score (nSPS) is 18.3. The highest BCUT2D eigenvalue weighted by molar-refractivity contribution is 5.50. The molecule has 1 fully saturated rings.